The van der Waals surface area contributed by atoms with Gasteiger partial charge in [-0.3, -0.25) is 0 Å². The molecule has 84 valence electrons. The molecule has 0 saturated heterocycles. The van der Waals surface area contributed by atoms with Gasteiger partial charge in [0, 0.05) is 5.33 Å². The number of benzene rings is 1. The van der Waals surface area contributed by atoms with Gasteiger partial charge in [0.2, 0.25) is 0 Å². The molecule has 3 heteroatoms. The molecule has 0 heterocycles. The van der Waals surface area contributed by atoms with E-state index in [9.17, 15) is 0 Å². The molecule has 0 amide bonds. The van der Waals surface area contributed by atoms with Gasteiger partial charge in [-0.05, 0) is 23.6 Å². The maximum absolute atomic E-state index is 5.58. The van der Waals surface area contributed by atoms with Crippen LogP contribution < -0.4 is 4.74 Å². The van der Waals surface area contributed by atoms with Gasteiger partial charge in [0.15, 0.2) is 0 Å². The quantitative estimate of drug-likeness (QED) is 0.741. The van der Waals surface area contributed by atoms with Crippen molar-refractivity contribution in [3.05, 3.63) is 29.8 Å². The molecule has 0 unspecified atom stereocenters. The van der Waals surface area contributed by atoms with Crippen LogP contribution in [0.5, 0.6) is 5.75 Å². The van der Waals surface area contributed by atoms with Crippen molar-refractivity contribution in [1.82, 2.24) is 0 Å². The van der Waals surface area contributed by atoms with E-state index in [2.05, 4.69) is 22.9 Å². The highest BCUT2D eigenvalue weighted by molar-refractivity contribution is 9.09. The summed E-state index contributed by atoms with van der Waals surface area (Å²) < 4.78 is 10.7. The Morgan fingerprint density at radius 2 is 1.93 bits per heavy atom. The number of hydrogen-bond donors (Lipinski definition) is 0. The van der Waals surface area contributed by atoms with E-state index in [0.717, 1.165) is 17.7 Å². The summed E-state index contributed by atoms with van der Waals surface area (Å²) in [4.78, 5) is 0. The molecule has 0 aliphatic heterocycles. The minimum atomic E-state index is 0.559. The van der Waals surface area contributed by atoms with E-state index in [0.29, 0.717) is 12.5 Å². The molecule has 1 atom stereocenters. The second-order valence-corrected chi connectivity index (χ2v) is 4.27. The van der Waals surface area contributed by atoms with Crippen molar-refractivity contribution in [3.63, 3.8) is 0 Å². The van der Waals surface area contributed by atoms with Crippen molar-refractivity contribution in [2.24, 2.45) is 5.92 Å². The first-order valence-electron chi connectivity index (χ1n) is 5.03. The fraction of sp³-hybridized carbons (Fsp3) is 0.500. The van der Waals surface area contributed by atoms with Gasteiger partial charge < -0.3 is 9.47 Å². The Morgan fingerprint density at radius 1 is 1.27 bits per heavy atom. The largest absolute Gasteiger partial charge is 0.497 e. The second kappa shape index (κ2) is 6.85. The molecule has 0 fully saturated rings. The zero-order chi connectivity index (χ0) is 11.1. The van der Waals surface area contributed by atoms with Gasteiger partial charge in [0.05, 0.1) is 20.3 Å². The topological polar surface area (TPSA) is 18.5 Å². The number of alkyl halides is 1. The van der Waals surface area contributed by atoms with Crippen LogP contribution in [0.4, 0.5) is 0 Å². The van der Waals surface area contributed by atoms with Gasteiger partial charge in [-0.15, -0.1) is 0 Å². The SMILES string of the molecule is COc1ccc(COC[C@@H](C)CBr)cc1. The summed E-state index contributed by atoms with van der Waals surface area (Å²) in [6, 6.07) is 7.95. The predicted molar refractivity (Wildman–Crippen MR) is 65.6 cm³/mol. The van der Waals surface area contributed by atoms with Crippen molar-refractivity contribution in [3.8, 4) is 5.75 Å². The van der Waals surface area contributed by atoms with Crippen LogP contribution in [-0.4, -0.2) is 19.0 Å². The molecular weight excluding hydrogens is 256 g/mol. The third-order valence-corrected chi connectivity index (χ3v) is 3.20. The monoisotopic (exact) mass is 272 g/mol. The normalized spacial score (nSPS) is 12.5. The highest BCUT2D eigenvalue weighted by Crippen LogP contribution is 2.12. The van der Waals surface area contributed by atoms with Gasteiger partial charge in [-0.2, -0.15) is 0 Å². The Hall–Kier alpha value is -0.540. The van der Waals surface area contributed by atoms with Crippen LogP contribution in [0.2, 0.25) is 0 Å². The van der Waals surface area contributed by atoms with E-state index < -0.39 is 0 Å². The molecule has 1 rings (SSSR count). The van der Waals surface area contributed by atoms with Crippen LogP contribution in [0.15, 0.2) is 24.3 Å². The van der Waals surface area contributed by atoms with Gasteiger partial charge in [0.25, 0.3) is 0 Å². The number of ether oxygens (including phenoxy) is 2. The van der Waals surface area contributed by atoms with E-state index in [-0.39, 0.29) is 0 Å². The summed E-state index contributed by atoms with van der Waals surface area (Å²) in [6.07, 6.45) is 0. The highest BCUT2D eigenvalue weighted by atomic mass is 79.9. The summed E-state index contributed by atoms with van der Waals surface area (Å²) in [5.74, 6) is 1.44. The molecule has 0 N–H and O–H groups in total. The van der Waals surface area contributed by atoms with E-state index in [1.807, 2.05) is 24.3 Å². The Kier molecular flexibility index (Phi) is 5.73. The Labute approximate surface area is 99.7 Å². The smallest absolute Gasteiger partial charge is 0.118 e. The van der Waals surface area contributed by atoms with Crippen molar-refractivity contribution in [2.75, 3.05) is 19.0 Å². The first-order valence-corrected chi connectivity index (χ1v) is 6.15. The summed E-state index contributed by atoms with van der Waals surface area (Å²) in [6.45, 7) is 3.61. The predicted octanol–water partition coefficient (Wildman–Crippen LogP) is 3.24. The van der Waals surface area contributed by atoms with Gasteiger partial charge >= 0.3 is 0 Å². The fourth-order valence-corrected chi connectivity index (χ4v) is 1.33. The lowest BCUT2D eigenvalue weighted by Crippen LogP contribution is -2.06. The lowest BCUT2D eigenvalue weighted by atomic mass is 10.2. The average Bonchev–Trinajstić information content (AvgIpc) is 2.29. The summed E-state index contributed by atoms with van der Waals surface area (Å²) >= 11 is 3.42. The maximum Gasteiger partial charge on any atom is 0.118 e. The minimum absolute atomic E-state index is 0.559. The minimum Gasteiger partial charge on any atom is -0.497 e. The third kappa shape index (κ3) is 4.67. The van der Waals surface area contributed by atoms with Crippen LogP contribution in [0.1, 0.15) is 12.5 Å². The zero-order valence-corrected chi connectivity index (χ0v) is 10.8. The molecule has 0 bridgehead atoms. The molecule has 2 nitrogen and oxygen atoms in total. The van der Waals surface area contributed by atoms with Crippen LogP contribution in [0.3, 0.4) is 0 Å². The lowest BCUT2D eigenvalue weighted by Gasteiger charge is -2.09. The van der Waals surface area contributed by atoms with Gasteiger partial charge in [-0.25, -0.2) is 0 Å². The van der Waals surface area contributed by atoms with Gasteiger partial charge in [0.1, 0.15) is 5.75 Å². The Balaban J connectivity index is 2.31. The molecule has 0 saturated carbocycles. The zero-order valence-electron chi connectivity index (χ0n) is 9.20. The summed E-state index contributed by atoms with van der Waals surface area (Å²) in [7, 11) is 1.67. The van der Waals surface area contributed by atoms with E-state index >= 15 is 0 Å². The maximum atomic E-state index is 5.58. The first-order chi connectivity index (χ1) is 7.26. The van der Waals surface area contributed by atoms with E-state index in [4.69, 9.17) is 9.47 Å². The molecule has 0 aliphatic carbocycles. The third-order valence-electron chi connectivity index (χ3n) is 2.09. The van der Waals surface area contributed by atoms with Crippen molar-refractivity contribution < 1.29 is 9.47 Å². The average molecular weight is 273 g/mol. The summed E-state index contributed by atoms with van der Waals surface area (Å²) in [5.41, 5.74) is 1.18. The molecule has 0 spiro atoms. The van der Waals surface area contributed by atoms with Crippen molar-refractivity contribution in [1.29, 1.82) is 0 Å². The second-order valence-electron chi connectivity index (χ2n) is 3.62. The van der Waals surface area contributed by atoms with Crippen LogP contribution >= 0.6 is 15.9 Å². The number of hydrogen-bond acceptors (Lipinski definition) is 2. The lowest BCUT2D eigenvalue weighted by molar-refractivity contribution is 0.0985. The van der Waals surface area contributed by atoms with E-state index in [1.165, 1.54) is 5.56 Å². The Bertz CT molecular complexity index is 271. The summed E-state index contributed by atoms with van der Waals surface area (Å²) in [5, 5.41) is 0.982. The first kappa shape index (κ1) is 12.5. The molecular formula is C12H17BrO2. The van der Waals surface area contributed by atoms with Gasteiger partial charge in [-0.1, -0.05) is 35.0 Å². The number of methoxy groups -OCH3 is 1. The van der Waals surface area contributed by atoms with Crippen LogP contribution in [0.25, 0.3) is 0 Å². The van der Waals surface area contributed by atoms with E-state index in [1.54, 1.807) is 7.11 Å². The molecule has 1 aromatic rings. The van der Waals surface area contributed by atoms with Crippen molar-refractivity contribution in [2.45, 2.75) is 13.5 Å². The Morgan fingerprint density at radius 3 is 2.47 bits per heavy atom. The van der Waals surface area contributed by atoms with Crippen LogP contribution in [0, 0.1) is 5.92 Å². The molecule has 15 heavy (non-hydrogen) atoms. The van der Waals surface area contributed by atoms with Crippen molar-refractivity contribution >= 4 is 15.9 Å². The van der Waals surface area contributed by atoms with Crippen LogP contribution in [-0.2, 0) is 11.3 Å². The fourth-order valence-electron chi connectivity index (χ4n) is 1.14. The molecule has 0 aromatic heterocycles. The number of rotatable bonds is 6. The molecule has 0 radical (unpaired) electrons. The molecule has 0 aliphatic rings. The highest BCUT2D eigenvalue weighted by Gasteiger charge is 2.00. The standard InChI is InChI=1S/C12H17BrO2/c1-10(7-13)8-15-9-11-3-5-12(14-2)6-4-11/h3-6,10H,7-9H2,1-2H3/t10-/m0/s1. The number of halogens is 1. The molecule has 1 aromatic carbocycles.